The third kappa shape index (κ3) is 3.41. The third-order valence-corrected chi connectivity index (χ3v) is 3.37. The maximum atomic E-state index is 10.7. The van der Waals surface area contributed by atoms with Crippen LogP contribution in [0.25, 0.3) is 0 Å². The van der Waals surface area contributed by atoms with E-state index in [2.05, 4.69) is 26.9 Å². The molecule has 90 valence electrons. The lowest BCUT2D eigenvalue weighted by Crippen LogP contribution is -2.28. The minimum atomic E-state index is -0.875. The molecule has 1 aromatic carbocycles. The van der Waals surface area contributed by atoms with Crippen molar-refractivity contribution in [1.82, 2.24) is 4.90 Å². The zero-order valence-corrected chi connectivity index (χ0v) is 11.0. The number of hydrogen-bond donors (Lipinski definition) is 1. The summed E-state index contributed by atoms with van der Waals surface area (Å²) in [7, 11) is 0. The summed E-state index contributed by atoms with van der Waals surface area (Å²) in [5, 5.41) is 8.81. The molecule has 1 heterocycles. The Morgan fingerprint density at radius 1 is 1.35 bits per heavy atom. The molecule has 0 aromatic heterocycles. The van der Waals surface area contributed by atoms with E-state index in [1.165, 1.54) is 4.48 Å². The summed E-state index contributed by atoms with van der Waals surface area (Å²) >= 11 is 3.51. The maximum absolute atomic E-state index is 10.7. The van der Waals surface area contributed by atoms with Crippen LogP contribution >= 0.6 is 15.9 Å². The van der Waals surface area contributed by atoms with Crippen molar-refractivity contribution in [3.8, 4) is 0 Å². The molecular weight excluding hydrogens is 282 g/mol. The number of carbonyl (C=O) groups is 1. The average molecular weight is 296 g/mol. The fourth-order valence-electron chi connectivity index (χ4n) is 1.91. The minimum Gasteiger partial charge on any atom is -0.478 e. The molecule has 0 bridgehead atoms. The summed E-state index contributed by atoms with van der Waals surface area (Å²) in [4.78, 5) is 13.1. The van der Waals surface area contributed by atoms with Crippen molar-refractivity contribution in [3.63, 3.8) is 0 Å². The van der Waals surface area contributed by atoms with E-state index in [-0.39, 0.29) is 0 Å². The standard InChI is InChI=1S/C13H14BrNO2/c14-12-2-1-7-15(9-12)8-10-3-5-11(6-4-10)13(16)17/h2-6H,1,7-9H2,(H,16,17). The first-order valence-electron chi connectivity index (χ1n) is 5.54. The molecule has 1 aliphatic heterocycles. The van der Waals surface area contributed by atoms with Crippen LogP contribution < -0.4 is 0 Å². The number of nitrogens with zero attached hydrogens (tertiary/aromatic N) is 1. The van der Waals surface area contributed by atoms with Gasteiger partial charge in [-0.1, -0.05) is 34.1 Å². The molecule has 0 saturated heterocycles. The van der Waals surface area contributed by atoms with Crippen molar-refractivity contribution in [2.45, 2.75) is 13.0 Å². The van der Waals surface area contributed by atoms with E-state index in [0.717, 1.165) is 31.6 Å². The second-order valence-corrected chi connectivity index (χ2v) is 5.17. The highest BCUT2D eigenvalue weighted by atomic mass is 79.9. The zero-order valence-electron chi connectivity index (χ0n) is 9.40. The predicted octanol–water partition coefficient (Wildman–Crippen LogP) is 2.87. The van der Waals surface area contributed by atoms with Crippen molar-refractivity contribution in [2.24, 2.45) is 0 Å². The minimum absolute atomic E-state index is 0.341. The topological polar surface area (TPSA) is 40.5 Å². The van der Waals surface area contributed by atoms with Crippen LogP contribution in [0, 0.1) is 0 Å². The van der Waals surface area contributed by atoms with Gasteiger partial charge in [-0.3, -0.25) is 4.90 Å². The molecular formula is C13H14BrNO2. The molecule has 0 radical (unpaired) electrons. The van der Waals surface area contributed by atoms with E-state index in [9.17, 15) is 4.79 Å². The summed E-state index contributed by atoms with van der Waals surface area (Å²) < 4.78 is 1.23. The number of carboxylic acids is 1. The van der Waals surface area contributed by atoms with Crippen molar-refractivity contribution in [3.05, 3.63) is 46.0 Å². The summed E-state index contributed by atoms with van der Waals surface area (Å²) in [6.07, 6.45) is 3.26. The fraction of sp³-hybridized carbons (Fsp3) is 0.308. The smallest absolute Gasteiger partial charge is 0.335 e. The van der Waals surface area contributed by atoms with Crippen molar-refractivity contribution in [2.75, 3.05) is 13.1 Å². The largest absolute Gasteiger partial charge is 0.478 e. The molecule has 1 N–H and O–H groups in total. The highest BCUT2D eigenvalue weighted by Crippen LogP contribution is 2.17. The van der Waals surface area contributed by atoms with Crippen LogP contribution in [0.4, 0.5) is 0 Å². The second kappa shape index (κ2) is 5.47. The average Bonchev–Trinajstić information content (AvgIpc) is 2.29. The van der Waals surface area contributed by atoms with Gasteiger partial charge in [-0.15, -0.1) is 0 Å². The lowest BCUT2D eigenvalue weighted by Gasteiger charge is -2.25. The molecule has 17 heavy (non-hydrogen) atoms. The molecule has 4 heteroatoms. The molecule has 2 rings (SSSR count). The Balaban J connectivity index is 1.99. The van der Waals surface area contributed by atoms with Gasteiger partial charge in [0.1, 0.15) is 0 Å². The number of halogens is 1. The van der Waals surface area contributed by atoms with Crippen LogP contribution in [0.1, 0.15) is 22.3 Å². The first kappa shape index (κ1) is 12.3. The van der Waals surface area contributed by atoms with Crippen LogP contribution in [0.2, 0.25) is 0 Å². The first-order chi connectivity index (χ1) is 8.15. The Hall–Kier alpha value is -1.13. The fourth-order valence-corrected chi connectivity index (χ4v) is 2.49. The van der Waals surface area contributed by atoms with E-state index in [1.807, 2.05) is 12.1 Å². The Morgan fingerprint density at radius 2 is 2.06 bits per heavy atom. The lowest BCUT2D eigenvalue weighted by atomic mass is 10.1. The van der Waals surface area contributed by atoms with Crippen molar-refractivity contribution >= 4 is 21.9 Å². The molecule has 0 amide bonds. The third-order valence-electron chi connectivity index (χ3n) is 2.79. The summed E-state index contributed by atoms with van der Waals surface area (Å²) in [6, 6.07) is 7.09. The second-order valence-electron chi connectivity index (χ2n) is 4.15. The molecule has 1 aliphatic rings. The van der Waals surface area contributed by atoms with Crippen LogP contribution in [-0.2, 0) is 6.54 Å². The molecule has 3 nitrogen and oxygen atoms in total. The predicted molar refractivity (Wildman–Crippen MR) is 70.3 cm³/mol. The van der Waals surface area contributed by atoms with Gasteiger partial charge < -0.3 is 5.11 Å². The van der Waals surface area contributed by atoms with Gasteiger partial charge in [-0.2, -0.15) is 0 Å². The Labute approximate surface area is 109 Å². The molecule has 0 unspecified atom stereocenters. The summed E-state index contributed by atoms with van der Waals surface area (Å²) in [5.41, 5.74) is 1.49. The van der Waals surface area contributed by atoms with E-state index < -0.39 is 5.97 Å². The lowest BCUT2D eigenvalue weighted by molar-refractivity contribution is 0.0697. The molecule has 0 spiro atoms. The number of carboxylic acid groups (broad SMARTS) is 1. The van der Waals surface area contributed by atoms with Crippen molar-refractivity contribution in [1.29, 1.82) is 0 Å². The zero-order chi connectivity index (χ0) is 12.3. The van der Waals surface area contributed by atoms with E-state index >= 15 is 0 Å². The number of aromatic carboxylic acids is 1. The van der Waals surface area contributed by atoms with Crippen LogP contribution in [0.15, 0.2) is 34.8 Å². The highest BCUT2D eigenvalue weighted by molar-refractivity contribution is 9.11. The normalized spacial score (nSPS) is 16.6. The highest BCUT2D eigenvalue weighted by Gasteiger charge is 2.11. The van der Waals surface area contributed by atoms with Crippen LogP contribution in [-0.4, -0.2) is 29.1 Å². The number of hydrogen-bond acceptors (Lipinski definition) is 2. The Kier molecular flexibility index (Phi) is 3.97. The SMILES string of the molecule is O=C(O)c1ccc(CN2CCC=C(Br)C2)cc1. The van der Waals surface area contributed by atoms with Gasteiger partial charge in [0.05, 0.1) is 5.56 Å². The van der Waals surface area contributed by atoms with Crippen LogP contribution in [0.5, 0.6) is 0 Å². The Morgan fingerprint density at radius 3 is 2.65 bits per heavy atom. The van der Waals surface area contributed by atoms with Gasteiger partial charge in [0.15, 0.2) is 0 Å². The Bertz CT molecular complexity index is 439. The van der Waals surface area contributed by atoms with E-state index in [0.29, 0.717) is 5.56 Å². The monoisotopic (exact) mass is 295 g/mol. The quantitative estimate of drug-likeness (QED) is 0.932. The molecule has 0 atom stereocenters. The summed E-state index contributed by atoms with van der Waals surface area (Å²) in [6.45, 7) is 2.85. The maximum Gasteiger partial charge on any atom is 0.335 e. The van der Waals surface area contributed by atoms with Gasteiger partial charge >= 0.3 is 5.97 Å². The van der Waals surface area contributed by atoms with Gasteiger partial charge in [-0.05, 0) is 24.1 Å². The van der Waals surface area contributed by atoms with Gasteiger partial charge in [0.2, 0.25) is 0 Å². The summed E-state index contributed by atoms with van der Waals surface area (Å²) in [5.74, 6) is -0.875. The molecule has 0 fully saturated rings. The van der Waals surface area contributed by atoms with Crippen molar-refractivity contribution < 1.29 is 9.90 Å². The first-order valence-corrected chi connectivity index (χ1v) is 6.33. The van der Waals surface area contributed by atoms with Gasteiger partial charge in [0, 0.05) is 24.1 Å². The van der Waals surface area contributed by atoms with Gasteiger partial charge in [-0.25, -0.2) is 4.79 Å². The van der Waals surface area contributed by atoms with Gasteiger partial charge in [0.25, 0.3) is 0 Å². The van der Waals surface area contributed by atoms with E-state index in [4.69, 9.17) is 5.11 Å². The molecule has 0 aliphatic carbocycles. The molecule has 0 saturated carbocycles. The molecule has 1 aromatic rings. The number of benzene rings is 1. The van der Waals surface area contributed by atoms with Crippen LogP contribution in [0.3, 0.4) is 0 Å². The number of rotatable bonds is 3. The van der Waals surface area contributed by atoms with E-state index in [1.54, 1.807) is 12.1 Å².